The van der Waals surface area contributed by atoms with Crippen LogP contribution in [0.4, 0.5) is 0 Å². The molecule has 2 heterocycles. The zero-order chi connectivity index (χ0) is 25.2. The molecule has 0 saturated heterocycles. The predicted octanol–water partition coefficient (Wildman–Crippen LogP) is 3.73. The molecule has 34 heavy (non-hydrogen) atoms. The van der Waals surface area contributed by atoms with Crippen molar-refractivity contribution in [3.63, 3.8) is 0 Å². The maximum Gasteiger partial charge on any atom is 0.323 e. The van der Waals surface area contributed by atoms with Crippen molar-refractivity contribution in [3.8, 4) is 0 Å². The number of carbonyl (C=O) groups excluding carboxylic acids is 4. The number of fused-ring (bicyclic) bond motifs is 1. The second-order valence-corrected chi connectivity index (χ2v) is 10.8. The highest BCUT2D eigenvalue weighted by atomic mass is 32.1. The molecule has 0 spiro atoms. The Morgan fingerprint density at radius 3 is 1.97 bits per heavy atom. The smallest absolute Gasteiger partial charge is 0.323 e. The summed E-state index contributed by atoms with van der Waals surface area (Å²) in [6, 6.07) is 6.02. The fraction of sp³-hybridized carbons (Fsp3) is 0.500. The first kappa shape index (κ1) is 25.9. The van der Waals surface area contributed by atoms with Crippen LogP contribution in [0.2, 0.25) is 0 Å². The predicted molar refractivity (Wildman–Crippen MR) is 126 cm³/mol. The molecule has 2 atom stereocenters. The van der Waals surface area contributed by atoms with Crippen LogP contribution < -0.4 is 0 Å². The summed E-state index contributed by atoms with van der Waals surface area (Å²) < 4.78 is 20.0. The lowest BCUT2D eigenvalue weighted by atomic mass is 9.60. The van der Waals surface area contributed by atoms with Gasteiger partial charge in [0.25, 0.3) is 0 Å². The Morgan fingerprint density at radius 2 is 1.50 bits per heavy atom. The summed E-state index contributed by atoms with van der Waals surface area (Å²) >= 11 is 3.02. The number of esters is 4. The summed E-state index contributed by atoms with van der Waals surface area (Å²) in [4.78, 5) is 55.7. The van der Waals surface area contributed by atoms with Gasteiger partial charge >= 0.3 is 23.9 Å². The Balaban J connectivity index is 2.28. The van der Waals surface area contributed by atoms with Crippen molar-refractivity contribution in [1.82, 2.24) is 0 Å². The number of aryl methyl sites for hydroxylation is 2. The minimum Gasteiger partial charge on any atom is -0.468 e. The molecule has 0 bridgehead atoms. The minimum atomic E-state index is -1.77. The molecule has 0 aromatic carbocycles. The SMILES string of the molecule is COC(=O)C(C[C@@H]1c2sc(C)cc2[C@@H](c2ccc(C)s2)CC1(C(=O)OC)C(=O)OC)C(=O)OC. The van der Waals surface area contributed by atoms with Gasteiger partial charge in [-0.15, -0.1) is 22.7 Å². The van der Waals surface area contributed by atoms with Crippen molar-refractivity contribution < 1.29 is 38.1 Å². The molecule has 1 aliphatic rings. The largest absolute Gasteiger partial charge is 0.468 e. The molecule has 1 aliphatic carbocycles. The maximum atomic E-state index is 13.4. The summed E-state index contributed by atoms with van der Waals surface area (Å²) in [6.45, 7) is 3.93. The maximum absolute atomic E-state index is 13.4. The Bertz CT molecular complexity index is 1070. The van der Waals surface area contributed by atoms with Gasteiger partial charge in [-0.1, -0.05) is 0 Å². The summed E-state index contributed by atoms with van der Waals surface area (Å²) in [5.74, 6) is -5.60. The van der Waals surface area contributed by atoms with Gasteiger partial charge in [0.1, 0.15) is 0 Å². The highest BCUT2D eigenvalue weighted by molar-refractivity contribution is 7.12. The molecule has 0 unspecified atom stereocenters. The third kappa shape index (κ3) is 4.36. The van der Waals surface area contributed by atoms with Gasteiger partial charge in [-0.25, -0.2) is 0 Å². The van der Waals surface area contributed by atoms with Crippen LogP contribution in [0.5, 0.6) is 0 Å². The highest BCUT2D eigenvalue weighted by Gasteiger charge is 2.61. The van der Waals surface area contributed by atoms with E-state index in [9.17, 15) is 19.2 Å². The number of hydrogen-bond acceptors (Lipinski definition) is 10. The molecule has 2 aromatic rings. The lowest BCUT2D eigenvalue weighted by molar-refractivity contribution is -0.175. The van der Waals surface area contributed by atoms with Crippen LogP contribution in [0.15, 0.2) is 18.2 Å². The Labute approximate surface area is 206 Å². The van der Waals surface area contributed by atoms with Gasteiger partial charge < -0.3 is 18.9 Å². The first-order valence-electron chi connectivity index (χ1n) is 10.6. The van der Waals surface area contributed by atoms with Gasteiger partial charge in [0.2, 0.25) is 0 Å². The van der Waals surface area contributed by atoms with Crippen LogP contribution in [-0.4, -0.2) is 52.3 Å². The summed E-state index contributed by atoms with van der Waals surface area (Å²) in [5, 5.41) is 0. The lowest BCUT2D eigenvalue weighted by Gasteiger charge is -2.42. The fourth-order valence-electron chi connectivity index (χ4n) is 4.80. The van der Waals surface area contributed by atoms with Gasteiger partial charge in [-0.3, -0.25) is 19.2 Å². The van der Waals surface area contributed by atoms with Crippen LogP contribution >= 0.6 is 22.7 Å². The summed E-state index contributed by atoms with van der Waals surface area (Å²) in [6.07, 6.45) is -0.0953. The molecule has 0 fully saturated rings. The van der Waals surface area contributed by atoms with Crippen LogP contribution in [0.25, 0.3) is 0 Å². The van der Waals surface area contributed by atoms with Crippen molar-refractivity contribution in [1.29, 1.82) is 0 Å². The molecule has 184 valence electrons. The third-order valence-corrected chi connectivity index (χ3v) is 8.67. The van der Waals surface area contributed by atoms with E-state index in [0.29, 0.717) is 0 Å². The summed E-state index contributed by atoms with van der Waals surface area (Å²) in [7, 11) is 4.76. The number of thiophene rings is 2. The number of hydrogen-bond donors (Lipinski definition) is 0. The highest BCUT2D eigenvalue weighted by Crippen LogP contribution is 2.58. The second kappa shape index (κ2) is 10.3. The van der Waals surface area contributed by atoms with E-state index < -0.39 is 41.1 Å². The van der Waals surface area contributed by atoms with Crippen molar-refractivity contribution in [3.05, 3.63) is 43.3 Å². The van der Waals surface area contributed by atoms with Gasteiger partial charge in [-0.2, -0.15) is 0 Å². The molecule has 0 aliphatic heterocycles. The number of methoxy groups -OCH3 is 4. The number of carbonyl (C=O) groups is 4. The monoisotopic (exact) mass is 508 g/mol. The van der Waals surface area contributed by atoms with E-state index in [4.69, 9.17) is 18.9 Å². The third-order valence-electron chi connectivity index (χ3n) is 6.37. The quantitative estimate of drug-likeness (QED) is 0.317. The molecule has 0 amide bonds. The van der Waals surface area contributed by atoms with Gasteiger partial charge in [-0.05, 0) is 50.5 Å². The van der Waals surface area contributed by atoms with Crippen molar-refractivity contribution >= 4 is 46.6 Å². The van der Waals surface area contributed by atoms with E-state index in [1.54, 1.807) is 11.3 Å². The van der Waals surface area contributed by atoms with Crippen molar-refractivity contribution in [2.45, 2.75) is 38.5 Å². The number of rotatable bonds is 7. The van der Waals surface area contributed by atoms with E-state index in [1.807, 2.05) is 32.0 Å². The van der Waals surface area contributed by atoms with Gasteiger partial charge in [0.15, 0.2) is 11.3 Å². The molecule has 2 aromatic heterocycles. The van der Waals surface area contributed by atoms with Crippen LogP contribution in [0.1, 0.15) is 49.7 Å². The van der Waals surface area contributed by atoms with Crippen LogP contribution in [-0.2, 0) is 38.1 Å². The lowest BCUT2D eigenvalue weighted by Crippen LogP contribution is -2.50. The first-order valence-corrected chi connectivity index (χ1v) is 12.3. The van der Waals surface area contributed by atoms with E-state index in [-0.39, 0.29) is 18.8 Å². The standard InChI is InChI=1S/C24H28O8S2/c1-12-7-8-18(33-12)16-11-24(22(27)31-5,23(28)32-6)17(19-14(16)9-13(2)34-19)10-15(20(25)29-3)21(26)30-4/h7-9,15-17H,10-11H2,1-6H3/t16-,17+/m0/s1. The molecular weight excluding hydrogens is 480 g/mol. The van der Waals surface area contributed by atoms with E-state index in [1.165, 1.54) is 39.8 Å². The second-order valence-electron chi connectivity index (χ2n) is 8.22. The molecule has 10 heteroatoms. The molecule has 3 rings (SSSR count). The zero-order valence-corrected chi connectivity index (χ0v) is 21.6. The molecule has 0 radical (unpaired) electrons. The first-order chi connectivity index (χ1) is 16.1. The topological polar surface area (TPSA) is 105 Å². The van der Waals surface area contributed by atoms with E-state index >= 15 is 0 Å². The van der Waals surface area contributed by atoms with Crippen molar-refractivity contribution in [2.75, 3.05) is 28.4 Å². The van der Waals surface area contributed by atoms with E-state index in [0.717, 1.165) is 25.1 Å². The van der Waals surface area contributed by atoms with Gasteiger partial charge in [0, 0.05) is 31.3 Å². The Kier molecular flexibility index (Phi) is 7.82. The Morgan fingerprint density at radius 1 is 0.912 bits per heavy atom. The molecule has 8 nitrogen and oxygen atoms in total. The van der Waals surface area contributed by atoms with E-state index in [2.05, 4.69) is 0 Å². The molecule has 0 N–H and O–H groups in total. The number of ether oxygens (including phenoxy) is 4. The van der Waals surface area contributed by atoms with Gasteiger partial charge in [0.05, 0.1) is 28.4 Å². The zero-order valence-electron chi connectivity index (χ0n) is 20.0. The van der Waals surface area contributed by atoms with Crippen LogP contribution in [0, 0.1) is 25.2 Å². The minimum absolute atomic E-state index is 0.0786. The fourth-order valence-corrected chi connectivity index (χ4v) is 7.09. The average Bonchev–Trinajstić information content (AvgIpc) is 3.45. The normalized spacial score (nSPS) is 18.7. The molecular formula is C24H28O8S2. The average molecular weight is 509 g/mol. The summed E-state index contributed by atoms with van der Waals surface area (Å²) in [5.41, 5.74) is -0.803. The Hall–Kier alpha value is -2.72. The van der Waals surface area contributed by atoms with Crippen LogP contribution in [0.3, 0.4) is 0 Å². The molecule has 0 saturated carbocycles. The van der Waals surface area contributed by atoms with Crippen molar-refractivity contribution in [2.24, 2.45) is 11.3 Å².